The van der Waals surface area contributed by atoms with Gasteiger partial charge in [0, 0.05) is 32.5 Å². The lowest BCUT2D eigenvalue weighted by molar-refractivity contribution is -0.141. The number of carbonyl (C=O) groups excluding carboxylic acids is 3. The molecule has 0 aliphatic carbocycles. The molecule has 0 saturated carbocycles. The molecule has 210 valence electrons. The Bertz CT molecular complexity index is 1480. The second kappa shape index (κ2) is 12.4. The second-order valence-electron chi connectivity index (χ2n) is 10.1. The van der Waals surface area contributed by atoms with Crippen LogP contribution < -0.4 is 5.32 Å². The molecule has 0 bridgehead atoms. The van der Waals surface area contributed by atoms with Crippen LogP contribution in [0, 0.1) is 11.7 Å². The number of benzene rings is 3. The number of hydrogen-bond acceptors (Lipinski definition) is 5. The molecule has 1 atom stereocenters. The van der Waals surface area contributed by atoms with Crippen LogP contribution in [-0.2, 0) is 32.6 Å². The highest BCUT2D eigenvalue weighted by Gasteiger charge is 2.41. The fraction of sp³-hybridized carbons (Fsp3) is 0.300. The minimum Gasteiger partial charge on any atom is -0.354 e. The third kappa shape index (κ3) is 6.56. The lowest BCUT2D eigenvalue weighted by atomic mass is 10.0. The van der Waals surface area contributed by atoms with Crippen LogP contribution in [0.5, 0.6) is 0 Å². The molecule has 3 aromatic rings. The van der Waals surface area contributed by atoms with E-state index in [4.69, 9.17) is 0 Å². The summed E-state index contributed by atoms with van der Waals surface area (Å²) in [5.74, 6) is -1.82. The Kier molecular flexibility index (Phi) is 8.99. The summed E-state index contributed by atoms with van der Waals surface area (Å²) in [4.78, 5) is 41.4. The summed E-state index contributed by atoms with van der Waals surface area (Å²) in [5.41, 5.74) is 1.49. The molecule has 3 aromatic carbocycles. The number of hydrogen-bond donors (Lipinski definition) is 1. The average molecular weight is 566 g/mol. The summed E-state index contributed by atoms with van der Waals surface area (Å²) in [6, 6.07) is 19.8. The van der Waals surface area contributed by atoms with Gasteiger partial charge in [-0.25, -0.2) is 17.1 Å². The molecule has 0 aromatic heterocycles. The SMILES string of the molecule is CC(C)CNC(=O)[C@@H](Cc1ccccc1)N(Cc1ccc(F)cc1)C(=O)CCN1C(=O)c2ccccc2S1(=O)=O. The Morgan fingerprint density at radius 2 is 1.57 bits per heavy atom. The van der Waals surface area contributed by atoms with Crippen molar-refractivity contribution in [3.8, 4) is 0 Å². The summed E-state index contributed by atoms with van der Waals surface area (Å²) in [6.45, 7) is 3.94. The molecule has 0 radical (unpaired) electrons. The van der Waals surface area contributed by atoms with Crippen molar-refractivity contribution in [1.82, 2.24) is 14.5 Å². The number of fused-ring (bicyclic) bond motifs is 1. The quantitative estimate of drug-likeness (QED) is 0.381. The lowest BCUT2D eigenvalue weighted by Gasteiger charge is -2.32. The van der Waals surface area contributed by atoms with Gasteiger partial charge < -0.3 is 10.2 Å². The first kappa shape index (κ1) is 28.9. The molecular formula is C30H32FN3O5S. The Labute approximate surface area is 233 Å². The van der Waals surface area contributed by atoms with E-state index in [1.807, 2.05) is 44.2 Å². The maximum Gasteiger partial charge on any atom is 0.269 e. The zero-order valence-corrected chi connectivity index (χ0v) is 23.2. The van der Waals surface area contributed by atoms with Crippen LogP contribution in [0.1, 0.15) is 41.8 Å². The molecule has 1 heterocycles. The predicted octanol–water partition coefficient (Wildman–Crippen LogP) is 3.77. The second-order valence-corrected chi connectivity index (χ2v) is 12.0. The fourth-order valence-corrected chi connectivity index (χ4v) is 6.13. The van der Waals surface area contributed by atoms with E-state index in [-0.39, 0.29) is 48.2 Å². The molecular weight excluding hydrogens is 533 g/mol. The molecule has 0 unspecified atom stereocenters. The third-order valence-corrected chi connectivity index (χ3v) is 8.50. The predicted molar refractivity (Wildman–Crippen MR) is 148 cm³/mol. The summed E-state index contributed by atoms with van der Waals surface area (Å²) in [6.07, 6.45) is -0.118. The zero-order chi connectivity index (χ0) is 28.9. The van der Waals surface area contributed by atoms with Crippen molar-refractivity contribution in [3.63, 3.8) is 0 Å². The van der Waals surface area contributed by atoms with Crippen LogP contribution in [-0.4, -0.2) is 54.5 Å². The summed E-state index contributed by atoms with van der Waals surface area (Å²) >= 11 is 0. The number of nitrogens with zero attached hydrogens (tertiary/aromatic N) is 2. The smallest absolute Gasteiger partial charge is 0.269 e. The van der Waals surface area contributed by atoms with Crippen LogP contribution in [0.2, 0.25) is 0 Å². The maximum absolute atomic E-state index is 13.8. The molecule has 8 nitrogen and oxygen atoms in total. The summed E-state index contributed by atoms with van der Waals surface area (Å²) in [7, 11) is -4.09. The molecule has 0 spiro atoms. The standard InChI is InChI=1S/C30H32FN3O5S/c1-21(2)19-32-29(36)26(18-22-8-4-3-5-9-22)33(20-23-12-14-24(31)15-13-23)28(35)16-17-34-30(37)25-10-6-7-11-27(25)40(34,38)39/h3-15,21,26H,16-20H2,1-2H3,(H,32,36)/t26-/m1/s1. The molecule has 3 amide bonds. The van der Waals surface area contributed by atoms with Crippen LogP contribution in [0.4, 0.5) is 4.39 Å². The van der Waals surface area contributed by atoms with Gasteiger partial charge in [0.05, 0.1) is 5.56 Å². The Morgan fingerprint density at radius 1 is 0.925 bits per heavy atom. The van der Waals surface area contributed by atoms with Crippen LogP contribution in [0.25, 0.3) is 0 Å². The Balaban J connectivity index is 1.63. The largest absolute Gasteiger partial charge is 0.354 e. The van der Waals surface area contributed by atoms with Gasteiger partial charge in [-0.15, -0.1) is 0 Å². The number of rotatable bonds is 11. The fourth-order valence-electron chi connectivity index (χ4n) is 4.56. The number of carbonyl (C=O) groups is 3. The number of amides is 3. The minimum atomic E-state index is -4.09. The van der Waals surface area contributed by atoms with Crippen molar-refractivity contribution < 1.29 is 27.2 Å². The molecule has 40 heavy (non-hydrogen) atoms. The number of sulfonamides is 1. The van der Waals surface area contributed by atoms with Gasteiger partial charge in [-0.1, -0.05) is 68.4 Å². The highest BCUT2D eigenvalue weighted by Crippen LogP contribution is 2.30. The van der Waals surface area contributed by atoms with E-state index >= 15 is 0 Å². The first-order valence-electron chi connectivity index (χ1n) is 13.1. The lowest BCUT2D eigenvalue weighted by Crippen LogP contribution is -2.51. The average Bonchev–Trinajstić information content (AvgIpc) is 3.14. The van der Waals surface area contributed by atoms with Crippen LogP contribution in [0.15, 0.2) is 83.8 Å². The van der Waals surface area contributed by atoms with Gasteiger partial charge in [0.2, 0.25) is 11.8 Å². The van der Waals surface area contributed by atoms with Crippen molar-refractivity contribution in [3.05, 3.63) is 101 Å². The summed E-state index contributed by atoms with van der Waals surface area (Å²) < 4.78 is 40.3. The van der Waals surface area contributed by atoms with E-state index in [0.29, 0.717) is 16.4 Å². The molecule has 1 aliphatic rings. The maximum atomic E-state index is 13.8. The Hall–Kier alpha value is -4.05. The highest BCUT2D eigenvalue weighted by molar-refractivity contribution is 7.90. The third-order valence-electron chi connectivity index (χ3n) is 6.66. The van der Waals surface area contributed by atoms with Gasteiger partial charge in [0.1, 0.15) is 16.8 Å². The zero-order valence-electron chi connectivity index (χ0n) is 22.4. The van der Waals surface area contributed by atoms with E-state index in [1.54, 1.807) is 6.07 Å². The van der Waals surface area contributed by atoms with Crippen LogP contribution in [0.3, 0.4) is 0 Å². The van der Waals surface area contributed by atoms with E-state index in [0.717, 1.165) is 5.56 Å². The molecule has 1 N–H and O–H groups in total. The van der Waals surface area contributed by atoms with Crippen molar-refractivity contribution in [1.29, 1.82) is 0 Å². The topological polar surface area (TPSA) is 104 Å². The van der Waals surface area contributed by atoms with Gasteiger partial charge in [-0.3, -0.25) is 14.4 Å². The van der Waals surface area contributed by atoms with Gasteiger partial charge in [0.25, 0.3) is 15.9 Å². The van der Waals surface area contributed by atoms with Crippen molar-refractivity contribution in [2.24, 2.45) is 5.92 Å². The van der Waals surface area contributed by atoms with Gasteiger partial charge in [-0.2, -0.15) is 0 Å². The number of nitrogens with one attached hydrogen (secondary N) is 1. The van der Waals surface area contributed by atoms with E-state index in [1.165, 1.54) is 47.4 Å². The van der Waals surface area contributed by atoms with E-state index < -0.39 is 33.7 Å². The van der Waals surface area contributed by atoms with E-state index in [2.05, 4.69) is 5.32 Å². The molecule has 0 saturated heterocycles. The van der Waals surface area contributed by atoms with E-state index in [9.17, 15) is 27.2 Å². The molecule has 10 heteroatoms. The van der Waals surface area contributed by atoms with Crippen molar-refractivity contribution >= 4 is 27.7 Å². The first-order valence-corrected chi connectivity index (χ1v) is 14.5. The minimum absolute atomic E-state index is 0.00731. The summed E-state index contributed by atoms with van der Waals surface area (Å²) in [5, 5.41) is 2.91. The molecule has 4 rings (SSSR count). The van der Waals surface area contributed by atoms with Crippen molar-refractivity contribution in [2.45, 2.75) is 44.2 Å². The number of halogens is 1. The van der Waals surface area contributed by atoms with Gasteiger partial charge in [0.15, 0.2) is 0 Å². The van der Waals surface area contributed by atoms with Crippen LogP contribution >= 0.6 is 0 Å². The van der Waals surface area contributed by atoms with Crippen molar-refractivity contribution in [2.75, 3.05) is 13.1 Å². The highest BCUT2D eigenvalue weighted by atomic mass is 32.2. The normalized spacial score (nSPS) is 14.6. The Morgan fingerprint density at radius 3 is 2.23 bits per heavy atom. The molecule has 1 aliphatic heterocycles. The van der Waals surface area contributed by atoms with Gasteiger partial charge in [-0.05, 0) is 41.3 Å². The monoisotopic (exact) mass is 565 g/mol. The molecule has 0 fully saturated rings. The van der Waals surface area contributed by atoms with Gasteiger partial charge >= 0.3 is 0 Å². The first-order chi connectivity index (χ1) is 19.1.